The van der Waals surface area contributed by atoms with Crippen LogP contribution in [-0.4, -0.2) is 11.0 Å². The molecule has 0 aliphatic rings. The molecule has 0 aliphatic carbocycles. The molecule has 0 radical (unpaired) electrons. The first kappa shape index (κ1) is 20.1. The van der Waals surface area contributed by atoms with Crippen LogP contribution < -0.4 is 10.6 Å². The maximum Gasteiger partial charge on any atom is 0.324 e. The molecule has 2 amide bonds. The van der Waals surface area contributed by atoms with Gasteiger partial charge in [0, 0.05) is 32.6 Å². The molecule has 0 aliphatic heterocycles. The fraction of sp³-hybridized carbons (Fsp3) is 0. The largest absolute Gasteiger partial charge is 0.351 e. The first-order chi connectivity index (χ1) is 14.4. The average molecular weight is 444 g/mol. The zero-order chi connectivity index (χ0) is 21.4. The van der Waals surface area contributed by atoms with Gasteiger partial charge >= 0.3 is 6.03 Å². The SMILES string of the molecule is NC(=O)N(c1ccc(F)cc1F)c1cnc2ccc(Cl)cc2c1-c1ccccc1Cl. The number of rotatable bonds is 3. The smallest absolute Gasteiger partial charge is 0.324 e. The third-order valence-electron chi connectivity index (χ3n) is 4.57. The monoisotopic (exact) mass is 443 g/mol. The van der Waals surface area contributed by atoms with Gasteiger partial charge in [-0.15, -0.1) is 0 Å². The van der Waals surface area contributed by atoms with Crippen LogP contribution in [0.3, 0.4) is 0 Å². The number of nitrogens with zero attached hydrogens (tertiary/aromatic N) is 2. The second kappa shape index (κ2) is 7.89. The van der Waals surface area contributed by atoms with E-state index in [0.29, 0.717) is 38.1 Å². The van der Waals surface area contributed by atoms with Crippen LogP contribution in [0.25, 0.3) is 22.0 Å². The number of halogens is 4. The van der Waals surface area contributed by atoms with Crippen molar-refractivity contribution < 1.29 is 13.6 Å². The van der Waals surface area contributed by atoms with Crippen molar-refractivity contribution in [1.82, 2.24) is 4.98 Å². The highest BCUT2D eigenvalue weighted by Crippen LogP contribution is 2.43. The Kier molecular flexibility index (Phi) is 5.28. The normalized spacial score (nSPS) is 10.9. The van der Waals surface area contributed by atoms with E-state index < -0.39 is 17.7 Å². The van der Waals surface area contributed by atoms with Gasteiger partial charge in [0.25, 0.3) is 0 Å². The minimum atomic E-state index is -0.975. The highest BCUT2D eigenvalue weighted by molar-refractivity contribution is 6.34. The Morgan fingerprint density at radius 1 is 0.967 bits per heavy atom. The van der Waals surface area contributed by atoms with E-state index in [1.54, 1.807) is 42.5 Å². The van der Waals surface area contributed by atoms with Gasteiger partial charge in [-0.2, -0.15) is 0 Å². The van der Waals surface area contributed by atoms with Crippen molar-refractivity contribution in [2.24, 2.45) is 5.73 Å². The molecule has 1 aromatic heterocycles. The minimum Gasteiger partial charge on any atom is -0.351 e. The van der Waals surface area contributed by atoms with E-state index in [-0.39, 0.29) is 11.4 Å². The van der Waals surface area contributed by atoms with Gasteiger partial charge in [0.2, 0.25) is 0 Å². The summed E-state index contributed by atoms with van der Waals surface area (Å²) in [6, 6.07) is 13.9. The molecule has 1 heterocycles. The zero-order valence-corrected chi connectivity index (χ0v) is 16.8. The molecule has 0 unspecified atom stereocenters. The van der Waals surface area contributed by atoms with Gasteiger partial charge < -0.3 is 5.73 Å². The van der Waals surface area contributed by atoms with Crippen LogP contribution in [0.2, 0.25) is 10.0 Å². The van der Waals surface area contributed by atoms with E-state index in [1.165, 1.54) is 6.20 Å². The number of primary amides is 1. The molecule has 0 fully saturated rings. The number of urea groups is 1. The van der Waals surface area contributed by atoms with Crippen LogP contribution in [0.1, 0.15) is 0 Å². The molecule has 0 saturated carbocycles. The molecular weight excluding hydrogens is 431 g/mol. The highest BCUT2D eigenvalue weighted by atomic mass is 35.5. The van der Waals surface area contributed by atoms with Crippen LogP contribution in [0, 0.1) is 11.6 Å². The third-order valence-corrected chi connectivity index (χ3v) is 5.13. The Bertz CT molecular complexity index is 1300. The van der Waals surface area contributed by atoms with Crippen LogP contribution in [0.5, 0.6) is 0 Å². The number of anilines is 2. The maximum atomic E-state index is 14.6. The van der Waals surface area contributed by atoms with Crippen molar-refractivity contribution in [3.63, 3.8) is 0 Å². The lowest BCUT2D eigenvalue weighted by Crippen LogP contribution is -2.32. The topological polar surface area (TPSA) is 59.2 Å². The summed E-state index contributed by atoms with van der Waals surface area (Å²) in [6.07, 6.45) is 1.39. The van der Waals surface area contributed by atoms with Gasteiger partial charge in [-0.05, 0) is 36.4 Å². The minimum absolute atomic E-state index is 0.177. The van der Waals surface area contributed by atoms with Gasteiger partial charge in [0.05, 0.1) is 23.1 Å². The van der Waals surface area contributed by atoms with Crippen LogP contribution in [0.15, 0.2) is 66.9 Å². The Balaban J connectivity index is 2.10. The molecule has 8 heteroatoms. The summed E-state index contributed by atoms with van der Waals surface area (Å²) in [7, 11) is 0. The summed E-state index contributed by atoms with van der Waals surface area (Å²) in [5, 5.41) is 1.42. The Morgan fingerprint density at radius 2 is 1.73 bits per heavy atom. The van der Waals surface area contributed by atoms with Gasteiger partial charge in [0.15, 0.2) is 0 Å². The Hall–Kier alpha value is -3.22. The van der Waals surface area contributed by atoms with Gasteiger partial charge in [-0.25, -0.2) is 13.6 Å². The average Bonchev–Trinajstić information content (AvgIpc) is 2.70. The maximum absolute atomic E-state index is 14.6. The number of amides is 2. The molecule has 4 nitrogen and oxygen atoms in total. The summed E-state index contributed by atoms with van der Waals surface area (Å²) in [4.78, 5) is 17.7. The molecular formula is C22H13Cl2F2N3O. The Labute approximate surface area is 180 Å². The van der Waals surface area contributed by atoms with E-state index in [0.717, 1.165) is 17.0 Å². The van der Waals surface area contributed by atoms with Crippen LogP contribution in [-0.2, 0) is 0 Å². The van der Waals surface area contributed by atoms with Crippen molar-refractivity contribution in [2.45, 2.75) is 0 Å². The second-order valence-electron chi connectivity index (χ2n) is 6.43. The number of carbonyl (C=O) groups excluding carboxylic acids is 1. The zero-order valence-electron chi connectivity index (χ0n) is 15.2. The number of carbonyl (C=O) groups is 1. The van der Waals surface area contributed by atoms with Crippen molar-refractivity contribution in [3.8, 4) is 11.1 Å². The van der Waals surface area contributed by atoms with E-state index in [4.69, 9.17) is 28.9 Å². The molecule has 0 saturated heterocycles. The van der Waals surface area contributed by atoms with Crippen molar-refractivity contribution in [3.05, 3.63) is 88.5 Å². The number of hydrogen-bond acceptors (Lipinski definition) is 2. The second-order valence-corrected chi connectivity index (χ2v) is 7.27. The number of hydrogen-bond donors (Lipinski definition) is 1. The molecule has 150 valence electrons. The predicted molar refractivity (Wildman–Crippen MR) is 115 cm³/mol. The van der Waals surface area contributed by atoms with Crippen LogP contribution >= 0.6 is 23.2 Å². The van der Waals surface area contributed by atoms with E-state index in [2.05, 4.69) is 4.98 Å². The number of benzene rings is 3. The molecule has 3 aromatic carbocycles. The molecule has 0 bridgehead atoms. The molecule has 4 aromatic rings. The van der Waals surface area contributed by atoms with Gasteiger partial charge in [-0.3, -0.25) is 9.88 Å². The van der Waals surface area contributed by atoms with Crippen molar-refractivity contribution >= 4 is 51.5 Å². The van der Waals surface area contributed by atoms with Crippen LogP contribution in [0.4, 0.5) is 25.0 Å². The predicted octanol–water partition coefficient (Wildman–Crippen LogP) is 6.70. The summed E-state index contributed by atoms with van der Waals surface area (Å²) in [6.45, 7) is 0. The Morgan fingerprint density at radius 3 is 2.43 bits per heavy atom. The number of aromatic nitrogens is 1. The summed E-state index contributed by atoms with van der Waals surface area (Å²) in [5.41, 5.74) is 7.20. The third kappa shape index (κ3) is 3.56. The molecule has 0 spiro atoms. The van der Waals surface area contributed by atoms with E-state index in [1.807, 2.05) is 0 Å². The fourth-order valence-electron chi connectivity index (χ4n) is 3.30. The summed E-state index contributed by atoms with van der Waals surface area (Å²) in [5.74, 6) is -1.74. The van der Waals surface area contributed by atoms with Crippen molar-refractivity contribution in [1.29, 1.82) is 0 Å². The summed E-state index contributed by atoms with van der Waals surface area (Å²) >= 11 is 12.6. The molecule has 2 N–H and O–H groups in total. The lowest BCUT2D eigenvalue weighted by atomic mass is 9.98. The molecule has 0 atom stereocenters. The lowest BCUT2D eigenvalue weighted by molar-refractivity contribution is 0.256. The fourth-order valence-corrected chi connectivity index (χ4v) is 3.70. The first-order valence-corrected chi connectivity index (χ1v) is 9.50. The lowest BCUT2D eigenvalue weighted by Gasteiger charge is -2.25. The highest BCUT2D eigenvalue weighted by Gasteiger charge is 2.25. The van der Waals surface area contributed by atoms with Crippen molar-refractivity contribution in [2.75, 3.05) is 4.90 Å². The number of nitrogens with two attached hydrogens (primary N) is 1. The molecule has 30 heavy (non-hydrogen) atoms. The van der Waals surface area contributed by atoms with Gasteiger partial charge in [0.1, 0.15) is 11.6 Å². The molecule has 4 rings (SSSR count). The van der Waals surface area contributed by atoms with E-state index >= 15 is 0 Å². The standard InChI is InChI=1S/C22H13Cl2F2N3O/c23-12-5-7-18-15(9-12)21(14-3-1-2-4-16(14)24)20(11-28-18)29(22(27)30)19-8-6-13(25)10-17(19)26/h1-11H,(H2,27,30). The quantitative estimate of drug-likeness (QED) is 0.382. The number of pyridine rings is 1. The van der Waals surface area contributed by atoms with Gasteiger partial charge in [-0.1, -0.05) is 41.4 Å². The van der Waals surface area contributed by atoms with E-state index in [9.17, 15) is 13.6 Å². The number of fused-ring (bicyclic) bond motifs is 1. The first-order valence-electron chi connectivity index (χ1n) is 8.74. The summed E-state index contributed by atoms with van der Waals surface area (Å²) < 4.78 is 28.0.